The Hall–Kier alpha value is -0.850. The number of aromatic nitrogens is 2. The standard InChI is InChI=1S/C8H14ClN3O3/c1-12(4-6(13)5-14-2)8-11-10-7(3-9)15-8/h6,13H,3-5H2,1-2H3. The zero-order valence-corrected chi connectivity index (χ0v) is 9.44. The van der Waals surface area contributed by atoms with Gasteiger partial charge in [-0.1, -0.05) is 5.10 Å². The van der Waals surface area contributed by atoms with E-state index in [-0.39, 0.29) is 12.5 Å². The van der Waals surface area contributed by atoms with E-state index in [9.17, 15) is 5.11 Å². The molecule has 0 amide bonds. The molecule has 0 saturated heterocycles. The van der Waals surface area contributed by atoms with Crippen LogP contribution in [0.2, 0.25) is 0 Å². The molecule has 1 unspecified atom stereocenters. The summed E-state index contributed by atoms with van der Waals surface area (Å²) in [5, 5.41) is 16.9. The lowest BCUT2D eigenvalue weighted by atomic mass is 10.3. The predicted molar refractivity (Wildman–Crippen MR) is 55.0 cm³/mol. The summed E-state index contributed by atoms with van der Waals surface area (Å²) in [7, 11) is 3.27. The zero-order chi connectivity index (χ0) is 11.3. The quantitative estimate of drug-likeness (QED) is 0.713. The molecule has 15 heavy (non-hydrogen) atoms. The molecule has 0 aromatic carbocycles. The van der Waals surface area contributed by atoms with Crippen LogP contribution in [0.3, 0.4) is 0 Å². The average Bonchev–Trinajstić information content (AvgIpc) is 2.66. The van der Waals surface area contributed by atoms with Crippen molar-refractivity contribution in [1.29, 1.82) is 0 Å². The van der Waals surface area contributed by atoms with Crippen LogP contribution in [0.1, 0.15) is 5.89 Å². The monoisotopic (exact) mass is 235 g/mol. The van der Waals surface area contributed by atoms with Gasteiger partial charge in [0.15, 0.2) is 0 Å². The van der Waals surface area contributed by atoms with Crippen LogP contribution in [0.25, 0.3) is 0 Å². The van der Waals surface area contributed by atoms with Gasteiger partial charge in [0.1, 0.15) is 5.88 Å². The van der Waals surface area contributed by atoms with Crippen LogP contribution in [0, 0.1) is 0 Å². The van der Waals surface area contributed by atoms with E-state index in [0.29, 0.717) is 18.5 Å². The first-order chi connectivity index (χ1) is 7.17. The lowest BCUT2D eigenvalue weighted by Gasteiger charge is -2.17. The fraction of sp³-hybridized carbons (Fsp3) is 0.750. The van der Waals surface area contributed by atoms with E-state index in [1.54, 1.807) is 11.9 Å². The van der Waals surface area contributed by atoms with E-state index in [0.717, 1.165) is 0 Å². The van der Waals surface area contributed by atoms with Crippen LogP contribution in [0.5, 0.6) is 0 Å². The maximum Gasteiger partial charge on any atom is 0.318 e. The van der Waals surface area contributed by atoms with Crippen molar-refractivity contribution < 1.29 is 14.3 Å². The smallest absolute Gasteiger partial charge is 0.318 e. The number of alkyl halides is 1. The van der Waals surface area contributed by atoms with Crippen molar-refractivity contribution in [3.05, 3.63) is 5.89 Å². The van der Waals surface area contributed by atoms with Crippen molar-refractivity contribution in [3.63, 3.8) is 0 Å². The second-order valence-electron chi connectivity index (χ2n) is 3.10. The molecule has 0 bridgehead atoms. The van der Waals surface area contributed by atoms with Crippen LogP contribution in [0.4, 0.5) is 6.01 Å². The third-order valence-corrected chi connectivity index (χ3v) is 1.97. The normalized spacial score (nSPS) is 12.8. The van der Waals surface area contributed by atoms with Crippen molar-refractivity contribution in [2.24, 2.45) is 0 Å². The number of methoxy groups -OCH3 is 1. The molecule has 1 heterocycles. The molecular formula is C8H14ClN3O3. The van der Waals surface area contributed by atoms with Gasteiger partial charge in [-0.05, 0) is 0 Å². The molecule has 1 aromatic rings. The predicted octanol–water partition coefficient (Wildman–Crippen LogP) is 0.252. The van der Waals surface area contributed by atoms with Gasteiger partial charge < -0.3 is 19.2 Å². The third kappa shape index (κ3) is 3.65. The molecule has 7 heteroatoms. The molecule has 0 aliphatic carbocycles. The Balaban J connectivity index is 2.49. The minimum Gasteiger partial charge on any atom is -0.407 e. The Bertz CT molecular complexity index is 294. The number of aliphatic hydroxyl groups excluding tert-OH is 1. The van der Waals surface area contributed by atoms with Gasteiger partial charge >= 0.3 is 6.01 Å². The van der Waals surface area contributed by atoms with E-state index in [4.69, 9.17) is 20.8 Å². The van der Waals surface area contributed by atoms with Crippen LogP contribution >= 0.6 is 11.6 Å². The van der Waals surface area contributed by atoms with E-state index >= 15 is 0 Å². The van der Waals surface area contributed by atoms with E-state index < -0.39 is 6.10 Å². The topological polar surface area (TPSA) is 71.6 Å². The molecule has 1 atom stereocenters. The van der Waals surface area contributed by atoms with Crippen molar-refractivity contribution >= 4 is 17.6 Å². The van der Waals surface area contributed by atoms with Gasteiger partial charge in [-0.25, -0.2) is 0 Å². The molecule has 0 aliphatic heterocycles. The maximum absolute atomic E-state index is 9.46. The third-order valence-electron chi connectivity index (χ3n) is 1.74. The van der Waals surface area contributed by atoms with Crippen LogP contribution in [-0.2, 0) is 10.6 Å². The van der Waals surface area contributed by atoms with Gasteiger partial charge in [-0.3, -0.25) is 0 Å². The highest BCUT2D eigenvalue weighted by molar-refractivity contribution is 6.16. The van der Waals surface area contributed by atoms with E-state index in [1.165, 1.54) is 7.11 Å². The van der Waals surface area contributed by atoms with Crippen molar-refractivity contribution in [1.82, 2.24) is 10.2 Å². The second-order valence-corrected chi connectivity index (χ2v) is 3.37. The summed E-state index contributed by atoms with van der Waals surface area (Å²) in [6.45, 7) is 0.624. The Morgan fingerprint density at radius 3 is 2.87 bits per heavy atom. The Kier molecular flexibility index (Phi) is 4.80. The van der Waals surface area contributed by atoms with Crippen LogP contribution < -0.4 is 4.90 Å². The van der Waals surface area contributed by atoms with Gasteiger partial charge in [-0.2, -0.15) is 0 Å². The number of hydrogen-bond acceptors (Lipinski definition) is 6. The molecule has 1 aromatic heterocycles. The largest absolute Gasteiger partial charge is 0.407 e. The first-order valence-electron chi connectivity index (χ1n) is 4.43. The fourth-order valence-corrected chi connectivity index (χ4v) is 1.20. The molecule has 0 saturated carbocycles. The first-order valence-corrected chi connectivity index (χ1v) is 4.97. The minimum atomic E-state index is -0.591. The molecule has 0 aliphatic rings. The summed E-state index contributed by atoms with van der Waals surface area (Å²) in [4.78, 5) is 1.65. The zero-order valence-electron chi connectivity index (χ0n) is 8.68. The number of halogens is 1. The van der Waals surface area contributed by atoms with E-state index in [2.05, 4.69) is 10.2 Å². The van der Waals surface area contributed by atoms with Crippen molar-refractivity contribution in [2.45, 2.75) is 12.0 Å². The Morgan fingerprint density at radius 2 is 2.33 bits per heavy atom. The summed E-state index contributed by atoms with van der Waals surface area (Å²) >= 11 is 5.52. The molecule has 0 radical (unpaired) electrons. The lowest BCUT2D eigenvalue weighted by Crippen LogP contribution is -2.32. The lowest BCUT2D eigenvalue weighted by molar-refractivity contribution is 0.0689. The second kappa shape index (κ2) is 5.89. The first kappa shape index (κ1) is 12.2. The molecule has 86 valence electrons. The van der Waals surface area contributed by atoms with Crippen molar-refractivity contribution in [2.75, 3.05) is 32.2 Å². The average molecular weight is 236 g/mol. The summed E-state index contributed by atoms with van der Waals surface area (Å²) in [6, 6.07) is 0.334. The van der Waals surface area contributed by atoms with Crippen molar-refractivity contribution in [3.8, 4) is 0 Å². The van der Waals surface area contributed by atoms with Gasteiger partial charge in [0.2, 0.25) is 5.89 Å². The summed E-state index contributed by atoms with van der Waals surface area (Å²) in [6.07, 6.45) is -0.591. The fourth-order valence-electron chi connectivity index (χ4n) is 1.09. The molecular weight excluding hydrogens is 222 g/mol. The van der Waals surface area contributed by atoms with Gasteiger partial charge in [0, 0.05) is 14.2 Å². The highest BCUT2D eigenvalue weighted by Crippen LogP contribution is 2.11. The maximum atomic E-state index is 9.46. The number of likely N-dealkylation sites (N-methyl/N-ethyl adjacent to an activating group) is 1. The number of anilines is 1. The number of ether oxygens (including phenoxy) is 1. The van der Waals surface area contributed by atoms with Crippen LogP contribution in [-0.4, -0.2) is 48.7 Å². The number of hydrogen-bond donors (Lipinski definition) is 1. The highest BCUT2D eigenvalue weighted by Gasteiger charge is 2.13. The SMILES string of the molecule is COCC(O)CN(C)c1nnc(CCl)o1. The summed E-state index contributed by atoms with van der Waals surface area (Å²) in [5.41, 5.74) is 0. The summed E-state index contributed by atoms with van der Waals surface area (Å²) < 4.78 is 10.00. The molecule has 1 N–H and O–H groups in total. The Morgan fingerprint density at radius 1 is 1.60 bits per heavy atom. The summed E-state index contributed by atoms with van der Waals surface area (Å²) in [5.74, 6) is 0.543. The number of aliphatic hydroxyl groups is 1. The minimum absolute atomic E-state index is 0.182. The molecule has 0 fully saturated rings. The molecule has 6 nitrogen and oxygen atoms in total. The van der Waals surface area contributed by atoms with Gasteiger partial charge in [0.05, 0.1) is 19.3 Å². The van der Waals surface area contributed by atoms with E-state index in [1.807, 2.05) is 0 Å². The number of nitrogens with zero attached hydrogens (tertiary/aromatic N) is 3. The van der Waals surface area contributed by atoms with Gasteiger partial charge in [0.25, 0.3) is 0 Å². The molecule has 1 rings (SSSR count). The molecule has 0 spiro atoms. The number of rotatable bonds is 6. The Labute approximate surface area is 92.8 Å². The highest BCUT2D eigenvalue weighted by atomic mass is 35.5. The van der Waals surface area contributed by atoms with Gasteiger partial charge in [-0.15, -0.1) is 16.7 Å². The van der Waals surface area contributed by atoms with Crippen LogP contribution in [0.15, 0.2) is 4.42 Å².